The molecule has 0 aliphatic rings. The Morgan fingerprint density at radius 2 is 2.05 bits per heavy atom. The molecule has 0 saturated carbocycles. The van der Waals surface area contributed by atoms with Gasteiger partial charge in [-0.15, -0.1) is 0 Å². The van der Waals surface area contributed by atoms with Gasteiger partial charge in [-0.1, -0.05) is 22.9 Å². The molecule has 0 aliphatic heterocycles. The minimum atomic E-state index is -3.72. The molecular weight excluding hydrogens is 308 g/mol. The van der Waals surface area contributed by atoms with Crippen LogP contribution in [0.3, 0.4) is 0 Å². The van der Waals surface area contributed by atoms with Crippen LogP contribution >= 0.6 is 22.9 Å². The molecule has 2 aromatic rings. The highest BCUT2D eigenvalue weighted by atomic mass is 35.5. The summed E-state index contributed by atoms with van der Waals surface area (Å²) in [6.45, 7) is 3.28. The second kappa shape index (κ2) is 4.99. The topological polar surface area (TPSA) is 79.3 Å². The summed E-state index contributed by atoms with van der Waals surface area (Å²) in [6.07, 6.45) is 0. The Morgan fingerprint density at radius 3 is 2.58 bits per heavy atom. The predicted octanol–water partition coefficient (Wildman–Crippen LogP) is 2.92. The number of anilines is 1. The lowest BCUT2D eigenvalue weighted by Crippen LogP contribution is -2.13. The minimum Gasteiger partial charge on any atom is -0.508 e. The summed E-state index contributed by atoms with van der Waals surface area (Å²) in [4.78, 5) is 3.88. The maximum absolute atomic E-state index is 12.2. The highest BCUT2D eigenvalue weighted by molar-refractivity contribution is 7.94. The van der Waals surface area contributed by atoms with Crippen LogP contribution in [0.4, 0.5) is 5.69 Å². The number of aromatic nitrogens is 1. The largest absolute Gasteiger partial charge is 0.508 e. The molecular formula is C11H11ClN2O3S2. The number of thiazole rings is 1. The first-order chi connectivity index (χ1) is 8.79. The minimum absolute atomic E-state index is 0.0810. The molecule has 19 heavy (non-hydrogen) atoms. The number of aryl methyl sites for hydroxylation is 2. The molecule has 1 heterocycles. The van der Waals surface area contributed by atoms with Crippen molar-refractivity contribution in [2.75, 3.05) is 4.72 Å². The highest BCUT2D eigenvalue weighted by Crippen LogP contribution is 2.29. The monoisotopic (exact) mass is 318 g/mol. The number of nitrogens with zero attached hydrogens (tertiary/aromatic N) is 1. The number of sulfonamides is 1. The molecule has 1 aromatic heterocycles. The SMILES string of the molecule is Cc1cc(O)ccc1NS(=O)(=O)c1sc(Cl)nc1C. The van der Waals surface area contributed by atoms with Crippen LogP contribution in [0, 0.1) is 13.8 Å². The fraction of sp³-hybridized carbons (Fsp3) is 0.182. The third kappa shape index (κ3) is 2.99. The highest BCUT2D eigenvalue weighted by Gasteiger charge is 2.22. The normalized spacial score (nSPS) is 11.5. The molecule has 0 fully saturated rings. The Bertz CT molecular complexity index is 726. The van der Waals surface area contributed by atoms with E-state index in [2.05, 4.69) is 9.71 Å². The van der Waals surface area contributed by atoms with E-state index in [-0.39, 0.29) is 14.4 Å². The number of nitrogens with one attached hydrogen (secondary N) is 1. The van der Waals surface area contributed by atoms with E-state index in [9.17, 15) is 13.5 Å². The summed E-state index contributed by atoms with van der Waals surface area (Å²) < 4.78 is 27.1. The quantitative estimate of drug-likeness (QED) is 0.853. The van der Waals surface area contributed by atoms with Gasteiger partial charge < -0.3 is 5.11 Å². The van der Waals surface area contributed by atoms with E-state index >= 15 is 0 Å². The van der Waals surface area contributed by atoms with Crippen molar-refractivity contribution in [3.63, 3.8) is 0 Å². The molecule has 1 aromatic carbocycles. The lowest BCUT2D eigenvalue weighted by atomic mass is 10.2. The zero-order valence-corrected chi connectivity index (χ0v) is 12.5. The molecule has 0 atom stereocenters. The first-order valence-electron chi connectivity index (χ1n) is 5.25. The fourth-order valence-electron chi connectivity index (χ4n) is 1.55. The molecule has 8 heteroatoms. The number of phenols is 1. The Kier molecular flexibility index (Phi) is 3.71. The Hall–Kier alpha value is -1.31. The molecule has 0 aliphatic carbocycles. The summed E-state index contributed by atoms with van der Waals surface area (Å²) in [6, 6.07) is 4.39. The van der Waals surface area contributed by atoms with Crippen molar-refractivity contribution >= 4 is 38.6 Å². The summed E-state index contributed by atoms with van der Waals surface area (Å²) in [7, 11) is -3.72. The smallest absolute Gasteiger partial charge is 0.273 e. The molecule has 0 unspecified atom stereocenters. The van der Waals surface area contributed by atoms with Crippen LogP contribution in [-0.4, -0.2) is 18.5 Å². The third-order valence-electron chi connectivity index (χ3n) is 2.43. The molecule has 2 rings (SSSR count). The zero-order valence-electron chi connectivity index (χ0n) is 10.1. The fourth-order valence-corrected chi connectivity index (χ4v) is 4.42. The maximum atomic E-state index is 12.2. The number of benzene rings is 1. The van der Waals surface area contributed by atoms with E-state index in [1.165, 1.54) is 18.2 Å². The van der Waals surface area contributed by atoms with Crippen molar-refractivity contribution in [1.82, 2.24) is 4.98 Å². The Balaban J connectivity index is 2.39. The van der Waals surface area contributed by atoms with Crippen LogP contribution in [0.25, 0.3) is 0 Å². The molecule has 5 nitrogen and oxygen atoms in total. The van der Waals surface area contributed by atoms with Gasteiger partial charge in [-0.2, -0.15) is 0 Å². The number of rotatable bonds is 3. The van der Waals surface area contributed by atoms with Crippen LogP contribution in [0.2, 0.25) is 4.47 Å². The van der Waals surface area contributed by atoms with Crippen molar-refractivity contribution in [3.05, 3.63) is 33.9 Å². The van der Waals surface area contributed by atoms with Gasteiger partial charge in [0.15, 0.2) is 8.68 Å². The zero-order chi connectivity index (χ0) is 14.2. The summed E-state index contributed by atoms with van der Waals surface area (Å²) in [5.74, 6) is 0.0810. The van der Waals surface area contributed by atoms with Gasteiger partial charge >= 0.3 is 0 Å². The van der Waals surface area contributed by atoms with Gasteiger partial charge in [0.1, 0.15) is 5.75 Å². The molecule has 0 amide bonds. The van der Waals surface area contributed by atoms with E-state index in [0.717, 1.165) is 11.3 Å². The second-order valence-corrected chi connectivity index (χ2v) is 7.40. The van der Waals surface area contributed by atoms with Gasteiger partial charge in [0.2, 0.25) is 0 Å². The van der Waals surface area contributed by atoms with Crippen LogP contribution in [0.15, 0.2) is 22.4 Å². The van der Waals surface area contributed by atoms with Crippen LogP contribution in [-0.2, 0) is 10.0 Å². The first kappa shape index (κ1) is 14.1. The average molecular weight is 319 g/mol. The molecule has 0 bridgehead atoms. The van der Waals surface area contributed by atoms with E-state index in [0.29, 0.717) is 16.9 Å². The average Bonchev–Trinajstić information content (AvgIpc) is 2.63. The molecule has 0 radical (unpaired) electrons. The lowest BCUT2D eigenvalue weighted by molar-refractivity contribution is 0.475. The van der Waals surface area contributed by atoms with Gasteiger partial charge in [0.05, 0.1) is 11.4 Å². The van der Waals surface area contributed by atoms with E-state index in [4.69, 9.17) is 11.6 Å². The van der Waals surface area contributed by atoms with Crippen molar-refractivity contribution in [2.24, 2.45) is 0 Å². The third-order valence-corrected chi connectivity index (χ3v) is 5.66. The molecule has 0 spiro atoms. The number of aromatic hydroxyl groups is 1. The lowest BCUT2D eigenvalue weighted by Gasteiger charge is -2.09. The Labute approximate surface area is 119 Å². The van der Waals surface area contributed by atoms with Gasteiger partial charge in [0.25, 0.3) is 10.0 Å². The van der Waals surface area contributed by atoms with Crippen LogP contribution < -0.4 is 4.72 Å². The standard InChI is InChI=1S/C11H11ClN2O3S2/c1-6-5-8(15)3-4-9(6)14-19(16,17)10-7(2)13-11(12)18-10/h3-5,14-15H,1-2H3. The van der Waals surface area contributed by atoms with Gasteiger partial charge in [0, 0.05) is 0 Å². The van der Waals surface area contributed by atoms with Crippen LogP contribution in [0.1, 0.15) is 11.3 Å². The number of phenolic OH excluding ortho intramolecular Hbond substituents is 1. The van der Waals surface area contributed by atoms with Crippen molar-refractivity contribution in [1.29, 1.82) is 0 Å². The van der Waals surface area contributed by atoms with Crippen molar-refractivity contribution in [2.45, 2.75) is 18.1 Å². The van der Waals surface area contributed by atoms with Gasteiger partial charge in [-0.3, -0.25) is 4.72 Å². The molecule has 2 N–H and O–H groups in total. The van der Waals surface area contributed by atoms with Crippen molar-refractivity contribution < 1.29 is 13.5 Å². The maximum Gasteiger partial charge on any atom is 0.273 e. The summed E-state index contributed by atoms with van der Waals surface area (Å²) in [5.41, 5.74) is 1.39. The second-order valence-electron chi connectivity index (χ2n) is 3.94. The molecule has 102 valence electrons. The van der Waals surface area contributed by atoms with Crippen LogP contribution in [0.5, 0.6) is 5.75 Å². The van der Waals surface area contributed by atoms with E-state index in [1.807, 2.05) is 0 Å². The predicted molar refractivity (Wildman–Crippen MR) is 75.5 cm³/mol. The Morgan fingerprint density at radius 1 is 1.37 bits per heavy atom. The summed E-state index contributed by atoms with van der Waals surface area (Å²) >= 11 is 6.61. The first-order valence-corrected chi connectivity index (χ1v) is 7.93. The molecule has 0 saturated heterocycles. The summed E-state index contributed by atoms with van der Waals surface area (Å²) in [5, 5.41) is 9.30. The van der Waals surface area contributed by atoms with Gasteiger partial charge in [-0.05, 0) is 37.6 Å². The number of hydrogen-bond acceptors (Lipinski definition) is 5. The number of halogens is 1. The van der Waals surface area contributed by atoms with E-state index < -0.39 is 10.0 Å². The number of hydrogen-bond donors (Lipinski definition) is 2. The van der Waals surface area contributed by atoms with Crippen molar-refractivity contribution in [3.8, 4) is 5.75 Å². The van der Waals surface area contributed by atoms with E-state index in [1.54, 1.807) is 13.8 Å². The van der Waals surface area contributed by atoms with Gasteiger partial charge in [-0.25, -0.2) is 13.4 Å².